The number of likely N-dealkylation sites (N-methyl/N-ethyl adjacent to an activating group) is 1. The molecule has 1 rings (SSSR count). The molecule has 23 heavy (non-hydrogen) atoms. The van der Waals surface area contributed by atoms with Gasteiger partial charge in [0.1, 0.15) is 0 Å². The van der Waals surface area contributed by atoms with Crippen LogP contribution in [-0.2, 0) is 4.79 Å². The number of carbonyl (C=O) groups excluding carboxylic acids is 1. The summed E-state index contributed by atoms with van der Waals surface area (Å²) in [6.45, 7) is 11.0. The molecule has 0 aromatic heterocycles. The van der Waals surface area contributed by atoms with E-state index in [0.717, 1.165) is 25.2 Å². The van der Waals surface area contributed by atoms with Crippen LogP contribution in [0.2, 0.25) is 0 Å². The minimum Gasteiger partial charge on any atom is -0.352 e. The summed E-state index contributed by atoms with van der Waals surface area (Å²) in [6.07, 6.45) is 0. The molecule has 1 amide bonds. The average molecular weight is 364 g/mol. The van der Waals surface area contributed by atoms with Gasteiger partial charge in [0.15, 0.2) is 0 Å². The second kappa shape index (κ2) is 12.6. The van der Waals surface area contributed by atoms with Crippen LogP contribution in [0, 0.1) is 5.92 Å². The monoisotopic (exact) mass is 363 g/mol. The van der Waals surface area contributed by atoms with Crippen molar-refractivity contribution in [2.24, 2.45) is 11.7 Å². The fourth-order valence-electron chi connectivity index (χ4n) is 2.42. The van der Waals surface area contributed by atoms with Gasteiger partial charge in [-0.2, -0.15) is 0 Å². The summed E-state index contributed by atoms with van der Waals surface area (Å²) in [5.41, 5.74) is 7.19. The van der Waals surface area contributed by atoms with Crippen LogP contribution in [0.4, 0.5) is 0 Å². The number of nitrogens with zero attached hydrogens (tertiary/aromatic N) is 1. The Labute approximate surface area is 153 Å². The maximum Gasteiger partial charge on any atom is 0.224 e. The normalized spacial score (nSPS) is 14.2. The van der Waals surface area contributed by atoms with Crippen molar-refractivity contribution in [2.75, 3.05) is 19.6 Å². The average Bonchev–Trinajstić information content (AvgIpc) is 2.51. The van der Waals surface area contributed by atoms with Gasteiger partial charge < -0.3 is 16.0 Å². The molecule has 3 N–H and O–H groups in total. The minimum absolute atomic E-state index is 0. The Balaban J connectivity index is 0. The molecule has 3 atom stereocenters. The van der Waals surface area contributed by atoms with Gasteiger partial charge in [-0.25, -0.2) is 0 Å². The number of hydrogen-bond acceptors (Lipinski definition) is 3. The van der Waals surface area contributed by atoms with Gasteiger partial charge in [0.2, 0.25) is 5.91 Å². The van der Waals surface area contributed by atoms with Crippen LogP contribution < -0.4 is 11.1 Å². The SMILES string of the molecule is CCN(CC)CC(C)NC(=O)C(C)C(N)c1ccccc1.Cl.Cl. The van der Waals surface area contributed by atoms with E-state index in [0.29, 0.717) is 0 Å². The zero-order chi connectivity index (χ0) is 15.8. The van der Waals surface area contributed by atoms with E-state index >= 15 is 0 Å². The molecule has 0 radical (unpaired) electrons. The van der Waals surface area contributed by atoms with Crippen molar-refractivity contribution >= 4 is 30.7 Å². The number of halogens is 2. The maximum absolute atomic E-state index is 12.3. The van der Waals surface area contributed by atoms with Gasteiger partial charge in [0, 0.05) is 18.6 Å². The summed E-state index contributed by atoms with van der Waals surface area (Å²) in [7, 11) is 0. The highest BCUT2D eigenvalue weighted by Crippen LogP contribution is 2.19. The topological polar surface area (TPSA) is 58.4 Å². The summed E-state index contributed by atoms with van der Waals surface area (Å²) < 4.78 is 0. The first-order valence-corrected chi connectivity index (χ1v) is 7.82. The number of hydrogen-bond donors (Lipinski definition) is 2. The van der Waals surface area contributed by atoms with E-state index in [-0.39, 0.29) is 48.7 Å². The molecule has 1 aromatic carbocycles. The van der Waals surface area contributed by atoms with Gasteiger partial charge >= 0.3 is 0 Å². The molecule has 6 heteroatoms. The van der Waals surface area contributed by atoms with E-state index in [1.54, 1.807) is 0 Å². The molecular formula is C17H31Cl2N3O. The molecule has 0 saturated carbocycles. The second-order valence-electron chi connectivity index (χ2n) is 5.62. The predicted octanol–water partition coefficient (Wildman–Crippen LogP) is 3.01. The highest BCUT2D eigenvalue weighted by atomic mass is 35.5. The van der Waals surface area contributed by atoms with Crippen molar-refractivity contribution in [1.82, 2.24) is 10.2 Å². The Morgan fingerprint density at radius 3 is 2.13 bits per heavy atom. The van der Waals surface area contributed by atoms with Crippen molar-refractivity contribution in [3.05, 3.63) is 35.9 Å². The summed E-state index contributed by atoms with van der Waals surface area (Å²) >= 11 is 0. The molecule has 1 aromatic rings. The predicted molar refractivity (Wildman–Crippen MR) is 102 cm³/mol. The largest absolute Gasteiger partial charge is 0.352 e. The summed E-state index contributed by atoms with van der Waals surface area (Å²) in [5.74, 6) is -0.224. The number of nitrogens with one attached hydrogen (secondary N) is 1. The fraction of sp³-hybridized carbons (Fsp3) is 0.588. The van der Waals surface area contributed by atoms with E-state index in [4.69, 9.17) is 5.73 Å². The van der Waals surface area contributed by atoms with Gasteiger partial charge in [-0.15, -0.1) is 24.8 Å². The Bertz CT molecular complexity index is 427. The van der Waals surface area contributed by atoms with Crippen LogP contribution in [-0.4, -0.2) is 36.5 Å². The quantitative estimate of drug-likeness (QED) is 0.746. The Kier molecular flexibility index (Phi) is 13.4. The number of rotatable bonds is 8. The lowest BCUT2D eigenvalue weighted by atomic mass is 9.94. The molecule has 4 nitrogen and oxygen atoms in total. The van der Waals surface area contributed by atoms with Crippen molar-refractivity contribution in [3.8, 4) is 0 Å². The van der Waals surface area contributed by atoms with E-state index in [1.807, 2.05) is 44.2 Å². The van der Waals surface area contributed by atoms with Crippen molar-refractivity contribution in [1.29, 1.82) is 0 Å². The zero-order valence-corrected chi connectivity index (χ0v) is 16.1. The minimum atomic E-state index is -0.271. The standard InChI is InChI=1S/C17H29N3O.2ClH/c1-5-20(6-2)12-13(3)19-17(21)14(4)16(18)15-10-8-7-9-11-15;;/h7-11,13-14,16H,5-6,12,18H2,1-4H3,(H,19,21);2*1H. The van der Waals surface area contributed by atoms with E-state index < -0.39 is 0 Å². The van der Waals surface area contributed by atoms with Crippen LogP contribution in [0.3, 0.4) is 0 Å². The van der Waals surface area contributed by atoms with E-state index in [2.05, 4.69) is 24.1 Å². The van der Waals surface area contributed by atoms with E-state index in [1.165, 1.54) is 0 Å². The lowest BCUT2D eigenvalue weighted by Gasteiger charge is -2.26. The van der Waals surface area contributed by atoms with Crippen LogP contribution in [0.1, 0.15) is 39.3 Å². The summed E-state index contributed by atoms with van der Waals surface area (Å²) in [4.78, 5) is 14.6. The van der Waals surface area contributed by atoms with Gasteiger partial charge in [-0.1, -0.05) is 51.1 Å². The Morgan fingerprint density at radius 2 is 1.65 bits per heavy atom. The third-order valence-corrected chi connectivity index (χ3v) is 3.95. The molecule has 0 aliphatic carbocycles. The highest BCUT2D eigenvalue weighted by molar-refractivity contribution is 5.85. The Morgan fingerprint density at radius 1 is 1.13 bits per heavy atom. The zero-order valence-electron chi connectivity index (χ0n) is 14.5. The van der Waals surface area contributed by atoms with Crippen molar-refractivity contribution in [3.63, 3.8) is 0 Å². The van der Waals surface area contributed by atoms with Gasteiger partial charge in [0.05, 0.1) is 5.92 Å². The third-order valence-electron chi connectivity index (χ3n) is 3.95. The Hall–Kier alpha value is -0.810. The van der Waals surface area contributed by atoms with Gasteiger partial charge in [0.25, 0.3) is 0 Å². The summed E-state index contributed by atoms with van der Waals surface area (Å²) in [6, 6.07) is 9.63. The van der Waals surface area contributed by atoms with Gasteiger partial charge in [-0.3, -0.25) is 4.79 Å². The molecule has 0 spiro atoms. The second-order valence-corrected chi connectivity index (χ2v) is 5.62. The fourth-order valence-corrected chi connectivity index (χ4v) is 2.42. The van der Waals surface area contributed by atoms with Crippen LogP contribution >= 0.6 is 24.8 Å². The first kappa shape index (κ1) is 24.4. The number of nitrogens with two attached hydrogens (primary N) is 1. The molecule has 134 valence electrons. The van der Waals surface area contributed by atoms with Crippen LogP contribution in [0.15, 0.2) is 30.3 Å². The smallest absolute Gasteiger partial charge is 0.224 e. The first-order valence-electron chi connectivity index (χ1n) is 7.82. The molecule has 0 heterocycles. The van der Waals surface area contributed by atoms with Crippen LogP contribution in [0.5, 0.6) is 0 Å². The molecule has 0 saturated heterocycles. The summed E-state index contributed by atoms with van der Waals surface area (Å²) in [5, 5.41) is 3.07. The number of amides is 1. The lowest BCUT2D eigenvalue weighted by Crippen LogP contribution is -2.45. The molecular weight excluding hydrogens is 333 g/mol. The van der Waals surface area contributed by atoms with Crippen molar-refractivity contribution < 1.29 is 4.79 Å². The van der Waals surface area contributed by atoms with Crippen LogP contribution in [0.25, 0.3) is 0 Å². The van der Waals surface area contributed by atoms with Crippen molar-refractivity contribution in [2.45, 2.75) is 39.8 Å². The highest BCUT2D eigenvalue weighted by Gasteiger charge is 2.23. The maximum atomic E-state index is 12.3. The molecule has 0 bridgehead atoms. The molecule has 0 fully saturated rings. The van der Waals surface area contributed by atoms with Gasteiger partial charge in [-0.05, 0) is 25.6 Å². The molecule has 3 unspecified atom stereocenters. The molecule has 0 aliphatic heterocycles. The lowest BCUT2D eigenvalue weighted by molar-refractivity contribution is -0.125. The van der Waals surface area contributed by atoms with E-state index in [9.17, 15) is 4.79 Å². The first-order chi connectivity index (χ1) is 9.99. The third kappa shape index (κ3) is 8.02. The number of benzene rings is 1. The number of carbonyl (C=O) groups is 1. The molecule has 0 aliphatic rings.